The number of nitrogens with one attached hydrogen (secondary N) is 1. The molecule has 4 nitrogen and oxygen atoms in total. The summed E-state index contributed by atoms with van der Waals surface area (Å²) in [5, 5.41) is 10.5. The molecule has 0 saturated carbocycles. The van der Waals surface area contributed by atoms with E-state index in [0.717, 1.165) is 22.3 Å². The van der Waals surface area contributed by atoms with Crippen LogP contribution in [0, 0.1) is 11.6 Å². The maximum absolute atomic E-state index is 13.3. The van der Waals surface area contributed by atoms with Crippen LogP contribution in [0.25, 0.3) is 11.3 Å². The van der Waals surface area contributed by atoms with E-state index in [1.54, 1.807) is 17.5 Å². The second-order valence-corrected chi connectivity index (χ2v) is 6.51. The number of hydrogen-bond acceptors (Lipinski definition) is 4. The number of anilines is 1. The molecule has 1 atom stereocenters. The maximum atomic E-state index is 13.3. The number of hydrogen-bond donors (Lipinski definition) is 2. The van der Waals surface area contributed by atoms with Gasteiger partial charge in [-0.3, -0.25) is 4.68 Å². The van der Waals surface area contributed by atoms with Crippen LogP contribution in [0.15, 0.2) is 41.9 Å². The molecule has 1 aromatic carbocycles. The lowest BCUT2D eigenvalue weighted by atomic mass is 10.1. The highest BCUT2D eigenvalue weighted by molar-refractivity contribution is 7.14. The van der Waals surface area contributed by atoms with Crippen molar-refractivity contribution in [3.05, 3.63) is 59.1 Å². The van der Waals surface area contributed by atoms with Crippen molar-refractivity contribution in [2.75, 3.05) is 11.9 Å². The highest BCUT2D eigenvalue weighted by Gasteiger charge is 2.12. The van der Waals surface area contributed by atoms with E-state index in [1.165, 1.54) is 12.1 Å². The first-order valence-corrected chi connectivity index (χ1v) is 8.41. The summed E-state index contributed by atoms with van der Waals surface area (Å²) >= 11 is 1.56. The Kier molecular flexibility index (Phi) is 4.92. The van der Waals surface area contributed by atoms with Crippen LogP contribution in [-0.2, 0) is 13.5 Å². The van der Waals surface area contributed by atoms with Gasteiger partial charge in [0.1, 0.15) is 11.6 Å². The highest BCUT2D eigenvalue weighted by atomic mass is 32.1. The molecule has 0 aliphatic carbocycles. The zero-order chi connectivity index (χ0) is 17.1. The van der Waals surface area contributed by atoms with Crippen LogP contribution in [-0.4, -0.2) is 22.4 Å². The van der Waals surface area contributed by atoms with Gasteiger partial charge in [-0.2, -0.15) is 5.10 Å². The molecule has 0 saturated heterocycles. The number of halogens is 2. The third-order valence-electron chi connectivity index (χ3n) is 3.75. The van der Waals surface area contributed by atoms with E-state index in [-0.39, 0.29) is 6.04 Å². The number of nitrogens with two attached hydrogens (primary N) is 1. The van der Waals surface area contributed by atoms with E-state index >= 15 is 0 Å². The van der Waals surface area contributed by atoms with Gasteiger partial charge < -0.3 is 11.1 Å². The van der Waals surface area contributed by atoms with Gasteiger partial charge in [0.05, 0.1) is 10.7 Å². The largest absolute Gasteiger partial charge is 0.373 e. The molecule has 2 heterocycles. The molecule has 7 heteroatoms. The Morgan fingerprint density at radius 1 is 1.25 bits per heavy atom. The summed E-state index contributed by atoms with van der Waals surface area (Å²) in [7, 11) is 1.89. The Morgan fingerprint density at radius 2 is 2.00 bits per heavy atom. The monoisotopic (exact) mass is 348 g/mol. The van der Waals surface area contributed by atoms with Gasteiger partial charge in [0.2, 0.25) is 0 Å². The molecule has 24 heavy (non-hydrogen) atoms. The van der Waals surface area contributed by atoms with Crippen LogP contribution < -0.4 is 11.1 Å². The van der Waals surface area contributed by atoms with Crippen molar-refractivity contribution in [3.63, 3.8) is 0 Å². The zero-order valence-electron chi connectivity index (χ0n) is 13.2. The van der Waals surface area contributed by atoms with Gasteiger partial charge >= 0.3 is 0 Å². The topological polar surface area (TPSA) is 55.9 Å². The van der Waals surface area contributed by atoms with Crippen LogP contribution in [0.5, 0.6) is 0 Å². The third-order valence-corrected chi connectivity index (χ3v) is 4.61. The Hall–Kier alpha value is -2.25. The van der Waals surface area contributed by atoms with Crippen molar-refractivity contribution in [2.24, 2.45) is 12.8 Å². The molecule has 0 spiro atoms. The first-order valence-electron chi connectivity index (χ1n) is 7.53. The summed E-state index contributed by atoms with van der Waals surface area (Å²) < 4.78 is 28.4. The van der Waals surface area contributed by atoms with Crippen LogP contribution in [0.4, 0.5) is 13.8 Å². The average Bonchev–Trinajstić information content (AvgIpc) is 3.14. The minimum Gasteiger partial charge on any atom is -0.373 e. The lowest BCUT2D eigenvalue weighted by Gasteiger charge is -2.17. The lowest BCUT2D eigenvalue weighted by molar-refractivity contribution is 0.577. The molecular formula is C17H18F2N4S. The Labute approximate surface area is 142 Å². The highest BCUT2D eigenvalue weighted by Crippen LogP contribution is 2.29. The normalized spacial score (nSPS) is 12.3. The van der Waals surface area contributed by atoms with Gasteiger partial charge in [0, 0.05) is 42.8 Å². The quantitative estimate of drug-likeness (QED) is 0.718. The summed E-state index contributed by atoms with van der Waals surface area (Å²) in [5.74, 6) is -1.15. The second kappa shape index (κ2) is 7.11. The minimum atomic E-state index is -0.574. The Morgan fingerprint density at radius 3 is 2.62 bits per heavy atom. The number of rotatable bonds is 6. The van der Waals surface area contributed by atoms with E-state index in [2.05, 4.69) is 10.4 Å². The van der Waals surface area contributed by atoms with Gasteiger partial charge in [-0.25, -0.2) is 8.78 Å². The van der Waals surface area contributed by atoms with E-state index in [9.17, 15) is 8.78 Å². The summed E-state index contributed by atoms with van der Waals surface area (Å²) in [6, 6.07) is 7.40. The SMILES string of the molecule is Cn1nccc1-c1csc(N[C@H](CN)Cc2cc(F)cc(F)c2)c1. The molecule has 3 N–H and O–H groups in total. The standard InChI is InChI=1S/C17H18F2N4S/c1-23-16(2-3-21-23)12-7-17(24-10-12)22-15(9-20)6-11-4-13(18)8-14(19)5-11/h2-5,7-8,10,15,22H,6,9,20H2,1H3/t15-/m0/s1. The maximum Gasteiger partial charge on any atom is 0.126 e. The molecule has 3 rings (SSSR count). The van der Waals surface area contributed by atoms with E-state index in [4.69, 9.17) is 5.73 Å². The third kappa shape index (κ3) is 3.80. The summed E-state index contributed by atoms with van der Waals surface area (Å²) in [6.45, 7) is 0.358. The molecule has 126 valence electrons. The van der Waals surface area contributed by atoms with Crippen molar-refractivity contribution in [1.82, 2.24) is 9.78 Å². The summed E-state index contributed by atoms with van der Waals surface area (Å²) in [4.78, 5) is 0. The van der Waals surface area contributed by atoms with Crippen molar-refractivity contribution < 1.29 is 8.78 Å². The molecule has 2 aromatic heterocycles. The summed E-state index contributed by atoms with van der Waals surface area (Å²) in [6.07, 6.45) is 2.20. The predicted octanol–water partition coefficient (Wildman–Crippen LogP) is 3.41. The van der Waals surface area contributed by atoms with Crippen LogP contribution in [0.1, 0.15) is 5.56 Å². The molecule has 0 aliphatic heterocycles. The first-order chi connectivity index (χ1) is 11.5. The number of aromatic nitrogens is 2. The van der Waals surface area contributed by atoms with Crippen LogP contribution >= 0.6 is 11.3 Å². The molecular weight excluding hydrogens is 330 g/mol. The molecule has 0 unspecified atom stereocenters. The van der Waals surface area contributed by atoms with E-state index in [0.29, 0.717) is 18.5 Å². The molecule has 0 amide bonds. The van der Waals surface area contributed by atoms with Crippen molar-refractivity contribution in [2.45, 2.75) is 12.5 Å². The van der Waals surface area contributed by atoms with Gasteiger partial charge in [0.25, 0.3) is 0 Å². The zero-order valence-corrected chi connectivity index (χ0v) is 14.0. The van der Waals surface area contributed by atoms with Gasteiger partial charge in [-0.05, 0) is 36.2 Å². The number of aryl methyl sites for hydroxylation is 1. The minimum absolute atomic E-state index is 0.107. The summed E-state index contributed by atoms with van der Waals surface area (Å²) in [5.41, 5.74) is 8.48. The fraction of sp³-hybridized carbons (Fsp3) is 0.235. The van der Waals surface area contributed by atoms with Gasteiger partial charge in [-0.15, -0.1) is 11.3 Å². The molecule has 0 aliphatic rings. The smallest absolute Gasteiger partial charge is 0.126 e. The van der Waals surface area contributed by atoms with Gasteiger partial charge in [0.15, 0.2) is 0 Å². The van der Waals surface area contributed by atoms with Crippen molar-refractivity contribution in [1.29, 1.82) is 0 Å². The van der Waals surface area contributed by atoms with E-state index < -0.39 is 11.6 Å². The Bertz CT molecular complexity index is 807. The van der Waals surface area contributed by atoms with Crippen LogP contribution in [0.3, 0.4) is 0 Å². The number of thiophene rings is 1. The van der Waals surface area contributed by atoms with E-state index in [1.807, 2.05) is 29.2 Å². The van der Waals surface area contributed by atoms with Crippen LogP contribution in [0.2, 0.25) is 0 Å². The number of benzene rings is 1. The Balaban J connectivity index is 1.71. The molecule has 0 fully saturated rings. The first kappa shape index (κ1) is 16.6. The molecule has 3 aromatic rings. The number of nitrogens with zero attached hydrogens (tertiary/aromatic N) is 2. The predicted molar refractivity (Wildman–Crippen MR) is 93.0 cm³/mol. The van der Waals surface area contributed by atoms with Gasteiger partial charge in [-0.1, -0.05) is 0 Å². The fourth-order valence-electron chi connectivity index (χ4n) is 2.61. The fourth-order valence-corrected chi connectivity index (χ4v) is 3.48. The average molecular weight is 348 g/mol. The lowest BCUT2D eigenvalue weighted by Crippen LogP contribution is -2.30. The molecule has 0 radical (unpaired) electrons. The van der Waals surface area contributed by atoms with Crippen molar-refractivity contribution >= 4 is 16.3 Å². The molecule has 0 bridgehead atoms. The van der Waals surface area contributed by atoms with Crippen molar-refractivity contribution in [3.8, 4) is 11.3 Å². The second-order valence-electron chi connectivity index (χ2n) is 5.60.